The lowest BCUT2D eigenvalue weighted by Crippen LogP contribution is -3.12. The van der Waals surface area contributed by atoms with Crippen LogP contribution in [0, 0.1) is 0 Å². The molecule has 1 aliphatic heterocycles. The Kier molecular flexibility index (Phi) is 7.26. The topological polar surface area (TPSA) is 68.0 Å². The summed E-state index contributed by atoms with van der Waals surface area (Å²) in [4.78, 5) is 1.24. The van der Waals surface area contributed by atoms with Gasteiger partial charge in [-0.1, -0.05) is 6.92 Å². The van der Waals surface area contributed by atoms with E-state index in [1.807, 2.05) is 7.05 Å². The Balaban J connectivity index is 0.000000555. The molecule has 1 aliphatic rings. The van der Waals surface area contributed by atoms with Gasteiger partial charge in [0.2, 0.25) is 0 Å². The van der Waals surface area contributed by atoms with Crippen molar-refractivity contribution in [2.45, 2.75) is 24.7 Å². The van der Waals surface area contributed by atoms with Crippen LogP contribution in [0.2, 0.25) is 0 Å². The molecule has 0 amide bonds. The first-order chi connectivity index (χ1) is 8.45. The van der Waals surface area contributed by atoms with Gasteiger partial charge in [0.1, 0.15) is 24.4 Å². The number of ether oxygens (including phenoxy) is 1. The molecule has 19 heavy (non-hydrogen) atoms. The van der Waals surface area contributed by atoms with Crippen molar-refractivity contribution in [3.63, 3.8) is 0 Å². The molecule has 0 aromatic carbocycles. The van der Waals surface area contributed by atoms with Gasteiger partial charge in [0.15, 0.2) is 0 Å². The van der Waals surface area contributed by atoms with Crippen molar-refractivity contribution in [3.8, 4) is 0 Å². The van der Waals surface area contributed by atoms with E-state index in [1.165, 1.54) is 4.90 Å². The van der Waals surface area contributed by atoms with Gasteiger partial charge in [0.25, 0.3) is 10.1 Å². The van der Waals surface area contributed by atoms with Crippen LogP contribution in [0.15, 0.2) is 0 Å². The maximum atomic E-state index is 11.0. The molecule has 3 atom stereocenters. The van der Waals surface area contributed by atoms with Gasteiger partial charge in [-0.05, 0) is 6.42 Å². The molecule has 11 heteroatoms. The minimum Gasteiger partial charge on any atom is -0.418 e. The van der Waals surface area contributed by atoms with Crippen LogP contribution in [-0.2, 0) is 14.9 Å². The second-order valence-electron chi connectivity index (χ2n) is 4.28. The van der Waals surface area contributed by atoms with Gasteiger partial charge in [0, 0.05) is 0 Å². The van der Waals surface area contributed by atoms with Gasteiger partial charge in [0.05, 0.1) is 13.7 Å². The second-order valence-corrected chi connectivity index (χ2v) is 5.91. The van der Waals surface area contributed by atoms with Crippen LogP contribution in [-0.4, -0.2) is 58.3 Å². The molecule has 0 saturated carbocycles. The fourth-order valence-electron chi connectivity index (χ4n) is 1.79. The van der Waals surface area contributed by atoms with E-state index in [-0.39, 0.29) is 6.10 Å². The normalized spacial score (nSPS) is 26.3. The predicted octanol–water partition coefficient (Wildman–Crippen LogP) is -0.134. The molecule has 1 heterocycles. The number of likely N-dealkylation sites (N-methyl/N-ethyl adjacent to an activating group) is 1. The van der Waals surface area contributed by atoms with E-state index in [1.54, 1.807) is 6.92 Å². The van der Waals surface area contributed by atoms with Gasteiger partial charge < -0.3 is 26.9 Å². The minimum atomic E-state index is -6.00. The average Bonchev–Trinajstić information content (AvgIpc) is 2.13. The molecule has 3 unspecified atom stereocenters. The van der Waals surface area contributed by atoms with E-state index in [0.717, 1.165) is 6.54 Å². The molecule has 116 valence electrons. The molecule has 1 fully saturated rings. The van der Waals surface area contributed by atoms with Crippen LogP contribution >= 0.6 is 0 Å². The number of hydrogen-bond donors (Lipinski definition) is 2. The monoisotopic (exact) mass is 311 g/mol. The Bertz CT molecular complexity index is 358. The summed E-state index contributed by atoms with van der Waals surface area (Å²) in [6.07, 6.45) is 0.0142. The van der Waals surface area contributed by atoms with E-state index < -0.39 is 22.6 Å². The van der Waals surface area contributed by atoms with E-state index in [9.17, 15) is 25.7 Å². The highest BCUT2D eigenvalue weighted by Crippen LogP contribution is 2.12. The summed E-state index contributed by atoms with van der Waals surface area (Å²) in [6.45, 7) is 3.82. The van der Waals surface area contributed by atoms with E-state index in [0.29, 0.717) is 19.6 Å². The van der Waals surface area contributed by atoms with Crippen molar-refractivity contribution in [2.24, 2.45) is 0 Å². The number of halogens is 4. The van der Waals surface area contributed by atoms with Crippen molar-refractivity contribution < 1.29 is 39.9 Å². The first-order valence-electron chi connectivity index (χ1n) is 5.71. The summed E-state index contributed by atoms with van der Waals surface area (Å²) in [7, 11) is -7.98. The second kappa shape index (κ2) is 7.41. The number of nitrogens with one attached hydrogen (secondary N) is 1. The lowest BCUT2D eigenvalue weighted by Gasteiger charge is -2.30. The van der Waals surface area contributed by atoms with Crippen LogP contribution in [0.5, 0.6) is 0 Å². The Morgan fingerprint density at radius 3 is 2.21 bits per heavy atom. The quantitative estimate of drug-likeness (QED) is 0.433. The number of morpholine rings is 1. The third kappa shape index (κ3) is 9.19. The maximum absolute atomic E-state index is 11.0. The number of quaternary nitrogens is 1. The van der Waals surface area contributed by atoms with Crippen LogP contribution in [0.3, 0.4) is 0 Å². The molecule has 2 N–H and O–H groups in total. The van der Waals surface area contributed by atoms with Gasteiger partial charge in [-0.15, -0.1) is 0 Å². The van der Waals surface area contributed by atoms with Crippen molar-refractivity contribution in [1.82, 2.24) is 0 Å². The molecule has 0 aromatic heterocycles. The fourth-order valence-corrected chi connectivity index (χ4v) is 2.77. The summed E-state index contributed by atoms with van der Waals surface area (Å²) < 4.78 is 75.4. The molecule has 0 radical (unpaired) electrons. The third-order valence-corrected chi connectivity index (χ3v) is 4.01. The fraction of sp³-hybridized carbons (Fsp3) is 1.00. The highest BCUT2D eigenvalue weighted by molar-refractivity contribution is 7.86. The van der Waals surface area contributed by atoms with Gasteiger partial charge in [-0.25, -0.2) is 0 Å². The van der Waals surface area contributed by atoms with Crippen molar-refractivity contribution in [1.29, 1.82) is 0 Å². The average molecular weight is 311 g/mol. The van der Waals surface area contributed by atoms with Crippen LogP contribution in [0.25, 0.3) is 0 Å². The molecule has 0 aliphatic carbocycles. The lowest BCUT2D eigenvalue weighted by atomic mass is 10.1. The molecule has 1 rings (SSSR count). The zero-order valence-electron chi connectivity index (χ0n) is 10.7. The SMILES string of the molecule is CCC(C1C[NH+](C)CCO1)S(=O)(=O)O.F[B-](F)(F)F. The van der Waals surface area contributed by atoms with E-state index in [4.69, 9.17) is 9.29 Å². The standard InChI is InChI=1S/C8H17NO4S.BF4/c1-3-8(14(10,11)12)7-6-9(2)4-5-13-7;2-1(3,4)5/h7-8H,3-6H2,1-2H3,(H,10,11,12);/q;-1/p+1. The highest BCUT2D eigenvalue weighted by atomic mass is 32.2. The van der Waals surface area contributed by atoms with Crippen LogP contribution in [0.4, 0.5) is 17.3 Å². The summed E-state index contributed by atoms with van der Waals surface area (Å²) in [5.41, 5.74) is 0. The lowest BCUT2D eigenvalue weighted by molar-refractivity contribution is -0.891. The highest BCUT2D eigenvalue weighted by Gasteiger charge is 2.35. The number of hydrogen-bond acceptors (Lipinski definition) is 3. The minimum absolute atomic E-state index is 0.372. The van der Waals surface area contributed by atoms with Crippen molar-refractivity contribution in [3.05, 3.63) is 0 Å². The molecule has 0 bridgehead atoms. The summed E-state index contributed by atoms with van der Waals surface area (Å²) in [6, 6.07) is 0. The van der Waals surface area contributed by atoms with Gasteiger partial charge >= 0.3 is 7.25 Å². The van der Waals surface area contributed by atoms with Gasteiger partial charge in [-0.3, -0.25) is 4.55 Å². The zero-order chi connectivity index (χ0) is 15.3. The summed E-state index contributed by atoms with van der Waals surface area (Å²) in [5, 5.41) is -0.780. The van der Waals surface area contributed by atoms with Gasteiger partial charge in [-0.2, -0.15) is 8.42 Å². The molecule has 5 nitrogen and oxygen atoms in total. The van der Waals surface area contributed by atoms with Crippen molar-refractivity contribution in [2.75, 3.05) is 26.7 Å². The predicted molar refractivity (Wildman–Crippen MR) is 62.2 cm³/mol. The van der Waals surface area contributed by atoms with Crippen LogP contribution < -0.4 is 4.90 Å². The Hall–Kier alpha value is -0.385. The molecular formula is C8H18BF4NO4S. The molecule has 0 spiro atoms. The first kappa shape index (κ1) is 18.6. The molecule has 1 saturated heterocycles. The number of rotatable bonds is 3. The van der Waals surface area contributed by atoms with Crippen molar-refractivity contribution >= 4 is 17.4 Å². The Morgan fingerprint density at radius 1 is 1.42 bits per heavy atom. The maximum Gasteiger partial charge on any atom is 0.673 e. The zero-order valence-corrected chi connectivity index (χ0v) is 11.5. The third-order valence-electron chi connectivity index (χ3n) is 2.61. The Morgan fingerprint density at radius 2 is 1.89 bits per heavy atom. The summed E-state index contributed by atoms with van der Waals surface area (Å²) >= 11 is 0. The smallest absolute Gasteiger partial charge is 0.418 e. The van der Waals surface area contributed by atoms with Crippen LogP contribution in [0.1, 0.15) is 13.3 Å². The summed E-state index contributed by atoms with van der Waals surface area (Å²) in [5.74, 6) is 0. The van der Waals surface area contributed by atoms with E-state index in [2.05, 4.69) is 0 Å². The largest absolute Gasteiger partial charge is 0.673 e. The molecular weight excluding hydrogens is 293 g/mol. The Labute approximate surface area is 109 Å². The first-order valence-corrected chi connectivity index (χ1v) is 7.22. The molecule has 0 aromatic rings. The van der Waals surface area contributed by atoms with E-state index >= 15 is 0 Å².